The Labute approximate surface area is 119 Å². The lowest BCUT2D eigenvalue weighted by atomic mass is 10.2. The molecule has 1 amide bonds. The maximum absolute atomic E-state index is 12.7. The molecule has 0 spiro atoms. The lowest BCUT2D eigenvalue weighted by molar-refractivity contribution is -0.389. The van der Waals surface area contributed by atoms with Crippen LogP contribution in [-0.4, -0.2) is 20.6 Å². The second-order valence-corrected chi connectivity index (χ2v) is 4.35. The summed E-state index contributed by atoms with van der Waals surface area (Å²) >= 11 is 0. The molecular formula is C13H13FN4O3. The van der Waals surface area contributed by atoms with Crippen molar-refractivity contribution >= 4 is 11.7 Å². The summed E-state index contributed by atoms with van der Waals surface area (Å²) in [7, 11) is 0. The summed E-state index contributed by atoms with van der Waals surface area (Å²) in [4.78, 5) is 21.5. The Balaban J connectivity index is 1.76. The molecule has 8 heteroatoms. The fourth-order valence-electron chi connectivity index (χ4n) is 1.68. The number of halogens is 1. The molecule has 0 unspecified atom stereocenters. The van der Waals surface area contributed by atoms with Gasteiger partial charge < -0.3 is 15.4 Å². The number of benzene rings is 1. The maximum Gasteiger partial charge on any atom is 0.389 e. The zero-order chi connectivity index (χ0) is 15.2. The van der Waals surface area contributed by atoms with Crippen LogP contribution in [0.4, 0.5) is 10.2 Å². The third-order valence-electron chi connectivity index (χ3n) is 2.78. The third-order valence-corrected chi connectivity index (χ3v) is 2.78. The van der Waals surface area contributed by atoms with Gasteiger partial charge in [-0.15, -0.1) is 0 Å². The van der Waals surface area contributed by atoms with Gasteiger partial charge in [-0.05, 0) is 22.6 Å². The quantitative estimate of drug-likeness (QED) is 0.647. The molecule has 1 aromatic heterocycles. The van der Waals surface area contributed by atoms with E-state index in [1.54, 1.807) is 12.1 Å². The minimum atomic E-state index is -0.592. The first-order chi connectivity index (χ1) is 10.0. The average molecular weight is 292 g/mol. The number of nitrogens with zero attached hydrogens (tertiary/aromatic N) is 3. The number of carbonyl (C=O) groups excluding carboxylic acids is 1. The molecular weight excluding hydrogens is 279 g/mol. The van der Waals surface area contributed by atoms with Crippen LogP contribution in [0.2, 0.25) is 0 Å². The Kier molecular flexibility index (Phi) is 4.60. The van der Waals surface area contributed by atoms with Gasteiger partial charge >= 0.3 is 5.82 Å². The normalized spacial score (nSPS) is 10.3. The zero-order valence-corrected chi connectivity index (χ0v) is 11.0. The first kappa shape index (κ1) is 14.6. The van der Waals surface area contributed by atoms with E-state index in [9.17, 15) is 19.3 Å². The highest BCUT2D eigenvalue weighted by molar-refractivity contribution is 5.75. The highest BCUT2D eigenvalue weighted by atomic mass is 19.1. The number of amides is 1. The van der Waals surface area contributed by atoms with Crippen LogP contribution >= 0.6 is 0 Å². The number of hydrogen-bond donors (Lipinski definition) is 1. The number of aryl methyl sites for hydroxylation is 1. The minimum Gasteiger partial charge on any atom is -0.358 e. The number of hydrogen-bond acceptors (Lipinski definition) is 4. The highest BCUT2D eigenvalue weighted by Gasteiger charge is 2.11. The molecule has 0 radical (unpaired) electrons. The van der Waals surface area contributed by atoms with Crippen LogP contribution in [0.1, 0.15) is 12.0 Å². The topological polar surface area (TPSA) is 90.1 Å². The first-order valence-electron chi connectivity index (χ1n) is 6.23. The van der Waals surface area contributed by atoms with Gasteiger partial charge in [0.05, 0.1) is 23.9 Å². The number of aromatic nitrogens is 2. The van der Waals surface area contributed by atoms with Crippen molar-refractivity contribution in [2.45, 2.75) is 19.5 Å². The molecule has 21 heavy (non-hydrogen) atoms. The monoisotopic (exact) mass is 292 g/mol. The van der Waals surface area contributed by atoms with Gasteiger partial charge in [0.2, 0.25) is 5.91 Å². The van der Waals surface area contributed by atoms with Crippen LogP contribution < -0.4 is 5.32 Å². The summed E-state index contributed by atoms with van der Waals surface area (Å²) in [5.74, 6) is -0.787. The summed E-state index contributed by atoms with van der Waals surface area (Å²) in [6.07, 6.45) is 1.60. The van der Waals surface area contributed by atoms with Crippen molar-refractivity contribution in [3.8, 4) is 0 Å². The molecule has 1 aromatic carbocycles. The summed E-state index contributed by atoms with van der Waals surface area (Å²) in [6, 6.07) is 7.10. The summed E-state index contributed by atoms with van der Waals surface area (Å²) in [6.45, 7) is 0.557. The van der Waals surface area contributed by atoms with Crippen molar-refractivity contribution in [2.75, 3.05) is 0 Å². The van der Waals surface area contributed by atoms with Gasteiger partial charge in [0, 0.05) is 13.0 Å². The van der Waals surface area contributed by atoms with E-state index in [-0.39, 0.29) is 30.5 Å². The molecule has 110 valence electrons. The predicted molar refractivity (Wildman–Crippen MR) is 71.7 cm³/mol. The van der Waals surface area contributed by atoms with E-state index in [1.807, 2.05) is 0 Å². The molecule has 0 saturated carbocycles. The van der Waals surface area contributed by atoms with E-state index in [1.165, 1.54) is 29.1 Å². The van der Waals surface area contributed by atoms with Gasteiger partial charge in [-0.3, -0.25) is 4.79 Å². The Bertz CT molecular complexity index is 639. The Morgan fingerprint density at radius 2 is 2.05 bits per heavy atom. The van der Waals surface area contributed by atoms with Gasteiger partial charge in [0.25, 0.3) is 0 Å². The van der Waals surface area contributed by atoms with Crippen molar-refractivity contribution in [2.24, 2.45) is 0 Å². The second kappa shape index (κ2) is 6.60. The van der Waals surface area contributed by atoms with Crippen molar-refractivity contribution in [1.29, 1.82) is 0 Å². The Morgan fingerprint density at radius 3 is 2.67 bits per heavy atom. The molecule has 0 aliphatic carbocycles. The van der Waals surface area contributed by atoms with Crippen molar-refractivity contribution in [3.63, 3.8) is 0 Å². The lowest BCUT2D eigenvalue weighted by Crippen LogP contribution is -2.24. The van der Waals surface area contributed by atoms with E-state index in [2.05, 4.69) is 10.4 Å². The molecule has 0 bridgehead atoms. The van der Waals surface area contributed by atoms with E-state index in [4.69, 9.17) is 0 Å². The third kappa shape index (κ3) is 4.37. The standard InChI is InChI=1S/C13H13FN4O3/c14-11-3-1-10(2-4-11)9-15-13(19)6-8-17-7-5-12(16-17)18(20)21/h1-5,7H,6,8-9H2,(H,15,19). The molecule has 0 saturated heterocycles. The van der Waals surface area contributed by atoms with Crippen LogP contribution in [0.5, 0.6) is 0 Å². The lowest BCUT2D eigenvalue weighted by Gasteiger charge is -2.04. The molecule has 1 heterocycles. The summed E-state index contributed by atoms with van der Waals surface area (Å²) in [5, 5.41) is 16.8. The van der Waals surface area contributed by atoms with E-state index < -0.39 is 4.92 Å². The molecule has 1 N–H and O–H groups in total. The zero-order valence-electron chi connectivity index (χ0n) is 11.0. The van der Waals surface area contributed by atoms with Crippen LogP contribution in [0.15, 0.2) is 36.5 Å². The molecule has 2 aromatic rings. The fraction of sp³-hybridized carbons (Fsp3) is 0.231. The van der Waals surface area contributed by atoms with Crippen molar-refractivity contribution in [3.05, 3.63) is 58.0 Å². The Morgan fingerprint density at radius 1 is 1.33 bits per heavy atom. The average Bonchev–Trinajstić information content (AvgIpc) is 2.93. The SMILES string of the molecule is O=C(CCn1ccc([N+](=O)[O-])n1)NCc1ccc(F)cc1. The van der Waals surface area contributed by atoms with Crippen molar-refractivity contribution < 1.29 is 14.1 Å². The van der Waals surface area contributed by atoms with Gasteiger partial charge in [-0.25, -0.2) is 4.39 Å². The van der Waals surface area contributed by atoms with Gasteiger partial charge in [0.15, 0.2) is 0 Å². The molecule has 0 aliphatic rings. The van der Waals surface area contributed by atoms with Crippen LogP contribution in [0.3, 0.4) is 0 Å². The fourth-order valence-corrected chi connectivity index (χ4v) is 1.68. The number of nitrogens with one attached hydrogen (secondary N) is 1. The van der Waals surface area contributed by atoms with Crippen LogP contribution in [0, 0.1) is 15.9 Å². The van der Waals surface area contributed by atoms with Gasteiger partial charge in [-0.2, -0.15) is 4.68 Å². The van der Waals surface area contributed by atoms with E-state index >= 15 is 0 Å². The van der Waals surface area contributed by atoms with Crippen molar-refractivity contribution in [1.82, 2.24) is 15.1 Å². The minimum absolute atomic E-state index is 0.153. The smallest absolute Gasteiger partial charge is 0.358 e. The van der Waals surface area contributed by atoms with Crippen LogP contribution in [0.25, 0.3) is 0 Å². The van der Waals surface area contributed by atoms with E-state index in [0.29, 0.717) is 6.54 Å². The Hall–Kier alpha value is -2.77. The molecule has 0 fully saturated rings. The van der Waals surface area contributed by atoms with Crippen LogP contribution in [-0.2, 0) is 17.9 Å². The summed E-state index contributed by atoms with van der Waals surface area (Å²) in [5.41, 5.74) is 0.791. The largest absolute Gasteiger partial charge is 0.389 e. The van der Waals surface area contributed by atoms with Gasteiger partial charge in [0.1, 0.15) is 5.82 Å². The molecule has 0 aliphatic heterocycles. The highest BCUT2D eigenvalue weighted by Crippen LogP contribution is 2.06. The molecule has 2 rings (SSSR count). The summed E-state index contributed by atoms with van der Waals surface area (Å²) < 4.78 is 14.1. The molecule has 7 nitrogen and oxygen atoms in total. The number of rotatable bonds is 6. The number of nitro groups is 1. The van der Waals surface area contributed by atoms with Gasteiger partial charge in [-0.1, -0.05) is 12.1 Å². The number of carbonyl (C=O) groups is 1. The van der Waals surface area contributed by atoms with E-state index in [0.717, 1.165) is 5.56 Å². The maximum atomic E-state index is 12.7. The molecule has 0 atom stereocenters. The first-order valence-corrected chi connectivity index (χ1v) is 6.23. The predicted octanol–water partition coefficient (Wildman–Crippen LogP) is 1.64. The second-order valence-electron chi connectivity index (χ2n) is 4.35.